The molecule has 1 heterocycles. The SMILES string of the molecule is CC(CCc1ccc2c(c1)OCO2)NCCC(C)(C)C(=O)O. The van der Waals surface area contributed by atoms with Gasteiger partial charge < -0.3 is 19.9 Å². The largest absolute Gasteiger partial charge is 0.481 e. The smallest absolute Gasteiger partial charge is 0.309 e. The number of ether oxygens (including phenoxy) is 2. The second-order valence-electron chi connectivity index (χ2n) is 6.52. The molecule has 0 amide bonds. The number of fused-ring (bicyclic) bond motifs is 1. The first-order valence-corrected chi connectivity index (χ1v) is 7.74. The van der Waals surface area contributed by atoms with Gasteiger partial charge >= 0.3 is 5.97 Å². The zero-order chi connectivity index (χ0) is 16.2. The lowest BCUT2D eigenvalue weighted by Gasteiger charge is -2.21. The van der Waals surface area contributed by atoms with Crippen molar-refractivity contribution in [3.63, 3.8) is 0 Å². The first kappa shape index (κ1) is 16.6. The highest BCUT2D eigenvalue weighted by Crippen LogP contribution is 2.32. The van der Waals surface area contributed by atoms with Crippen LogP contribution < -0.4 is 14.8 Å². The number of carboxylic acids is 1. The third kappa shape index (κ3) is 4.37. The second kappa shape index (κ2) is 7.01. The molecule has 2 rings (SSSR count). The van der Waals surface area contributed by atoms with Crippen LogP contribution >= 0.6 is 0 Å². The zero-order valence-corrected chi connectivity index (χ0v) is 13.5. The van der Waals surface area contributed by atoms with Gasteiger partial charge in [-0.1, -0.05) is 6.07 Å². The summed E-state index contributed by atoms with van der Waals surface area (Å²) in [5.41, 5.74) is 0.549. The van der Waals surface area contributed by atoms with Crippen LogP contribution in [-0.4, -0.2) is 30.5 Å². The van der Waals surface area contributed by atoms with E-state index in [2.05, 4.69) is 18.3 Å². The second-order valence-corrected chi connectivity index (χ2v) is 6.52. The lowest BCUT2D eigenvalue weighted by molar-refractivity contribution is -0.147. The van der Waals surface area contributed by atoms with Crippen molar-refractivity contribution in [2.45, 2.75) is 46.1 Å². The van der Waals surface area contributed by atoms with E-state index in [9.17, 15) is 4.79 Å². The molecule has 1 aliphatic heterocycles. The van der Waals surface area contributed by atoms with Crippen molar-refractivity contribution in [3.05, 3.63) is 23.8 Å². The Morgan fingerprint density at radius 1 is 1.36 bits per heavy atom. The van der Waals surface area contributed by atoms with E-state index in [4.69, 9.17) is 14.6 Å². The quantitative estimate of drug-likeness (QED) is 0.773. The summed E-state index contributed by atoms with van der Waals surface area (Å²) in [6.45, 7) is 6.65. The van der Waals surface area contributed by atoms with Crippen LogP contribution in [0.3, 0.4) is 0 Å². The van der Waals surface area contributed by atoms with E-state index in [0.717, 1.165) is 24.3 Å². The Labute approximate surface area is 131 Å². The molecule has 0 saturated carbocycles. The van der Waals surface area contributed by atoms with Crippen LogP contribution in [0.15, 0.2) is 18.2 Å². The minimum absolute atomic E-state index is 0.302. The lowest BCUT2D eigenvalue weighted by atomic mass is 9.89. The Hall–Kier alpha value is -1.75. The van der Waals surface area contributed by atoms with E-state index >= 15 is 0 Å². The summed E-state index contributed by atoms with van der Waals surface area (Å²) in [5, 5.41) is 12.5. The monoisotopic (exact) mass is 307 g/mol. The molecule has 0 spiro atoms. The van der Waals surface area contributed by atoms with Gasteiger partial charge in [-0.2, -0.15) is 0 Å². The fourth-order valence-corrected chi connectivity index (χ4v) is 2.32. The van der Waals surface area contributed by atoms with E-state index in [1.54, 1.807) is 13.8 Å². The molecule has 0 fully saturated rings. The summed E-state index contributed by atoms with van der Waals surface area (Å²) in [6.07, 6.45) is 2.57. The Morgan fingerprint density at radius 2 is 2.09 bits per heavy atom. The standard InChI is InChI=1S/C17H25NO4/c1-12(18-9-8-17(2,3)16(19)20)4-5-13-6-7-14-15(10-13)22-11-21-14/h6-7,10,12,18H,4-5,8-9,11H2,1-3H3,(H,19,20). The number of aliphatic carboxylic acids is 1. The first-order valence-electron chi connectivity index (χ1n) is 7.74. The van der Waals surface area contributed by atoms with E-state index < -0.39 is 11.4 Å². The number of nitrogens with one attached hydrogen (secondary N) is 1. The van der Waals surface area contributed by atoms with Crippen molar-refractivity contribution in [1.29, 1.82) is 0 Å². The number of benzene rings is 1. The lowest BCUT2D eigenvalue weighted by Crippen LogP contribution is -2.33. The molecule has 22 heavy (non-hydrogen) atoms. The molecule has 0 aliphatic carbocycles. The van der Waals surface area contributed by atoms with Crippen LogP contribution in [0, 0.1) is 5.41 Å². The van der Waals surface area contributed by atoms with Gasteiger partial charge in [0.25, 0.3) is 0 Å². The summed E-state index contributed by atoms with van der Waals surface area (Å²) in [4.78, 5) is 11.1. The van der Waals surface area contributed by atoms with Crippen LogP contribution in [0.25, 0.3) is 0 Å². The van der Waals surface area contributed by atoms with Gasteiger partial charge in [-0.25, -0.2) is 0 Å². The average molecular weight is 307 g/mol. The van der Waals surface area contributed by atoms with Gasteiger partial charge in [0.2, 0.25) is 6.79 Å². The predicted octanol–water partition coefficient (Wildman–Crippen LogP) is 2.83. The maximum absolute atomic E-state index is 11.1. The molecular formula is C17H25NO4. The van der Waals surface area contributed by atoms with Crippen molar-refractivity contribution >= 4 is 5.97 Å². The minimum atomic E-state index is -0.748. The van der Waals surface area contributed by atoms with Gasteiger partial charge in [-0.15, -0.1) is 0 Å². The fraction of sp³-hybridized carbons (Fsp3) is 0.588. The number of carbonyl (C=O) groups is 1. The van der Waals surface area contributed by atoms with Crippen molar-refractivity contribution < 1.29 is 19.4 Å². The molecule has 0 bridgehead atoms. The molecule has 122 valence electrons. The summed E-state index contributed by atoms with van der Waals surface area (Å²) in [7, 11) is 0. The highest BCUT2D eigenvalue weighted by molar-refractivity contribution is 5.73. The summed E-state index contributed by atoms with van der Waals surface area (Å²) in [6, 6.07) is 6.39. The van der Waals surface area contributed by atoms with Gasteiger partial charge in [0.1, 0.15) is 0 Å². The van der Waals surface area contributed by atoms with Gasteiger partial charge in [-0.3, -0.25) is 4.79 Å². The van der Waals surface area contributed by atoms with Crippen molar-refractivity contribution in [1.82, 2.24) is 5.32 Å². The van der Waals surface area contributed by atoms with Crippen LogP contribution in [0.4, 0.5) is 0 Å². The summed E-state index contributed by atoms with van der Waals surface area (Å²) < 4.78 is 10.7. The Bertz CT molecular complexity index is 527. The van der Waals surface area contributed by atoms with Crippen molar-refractivity contribution in [3.8, 4) is 11.5 Å². The van der Waals surface area contributed by atoms with Crippen LogP contribution in [0.5, 0.6) is 11.5 Å². The number of hydrogen-bond donors (Lipinski definition) is 2. The van der Waals surface area contributed by atoms with Gasteiger partial charge in [0.05, 0.1) is 5.41 Å². The van der Waals surface area contributed by atoms with E-state index in [-0.39, 0.29) is 0 Å². The Kier molecular flexibility index (Phi) is 5.29. The van der Waals surface area contributed by atoms with Crippen LogP contribution in [-0.2, 0) is 11.2 Å². The molecule has 1 aromatic rings. The Balaban J connectivity index is 1.72. The first-order chi connectivity index (χ1) is 10.4. The number of rotatable bonds is 8. The van der Waals surface area contributed by atoms with E-state index in [1.165, 1.54) is 5.56 Å². The molecule has 5 heteroatoms. The summed E-state index contributed by atoms with van der Waals surface area (Å²) in [5.74, 6) is 0.884. The maximum Gasteiger partial charge on any atom is 0.309 e. The molecule has 1 aliphatic rings. The molecular weight excluding hydrogens is 282 g/mol. The van der Waals surface area contributed by atoms with Crippen molar-refractivity contribution in [2.24, 2.45) is 5.41 Å². The minimum Gasteiger partial charge on any atom is -0.481 e. The van der Waals surface area contributed by atoms with Crippen LogP contribution in [0.1, 0.15) is 39.2 Å². The topological polar surface area (TPSA) is 67.8 Å². The van der Waals surface area contributed by atoms with Crippen LogP contribution in [0.2, 0.25) is 0 Å². The number of hydrogen-bond acceptors (Lipinski definition) is 4. The predicted molar refractivity (Wildman–Crippen MR) is 84.4 cm³/mol. The highest BCUT2D eigenvalue weighted by atomic mass is 16.7. The van der Waals surface area contributed by atoms with Gasteiger partial charge in [-0.05, 0) is 64.3 Å². The van der Waals surface area contributed by atoms with Gasteiger partial charge in [0, 0.05) is 6.04 Å². The molecule has 1 atom stereocenters. The number of carboxylic acid groups (broad SMARTS) is 1. The summed E-state index contributed by atoms with van der Waals surface area (Å²) >= 11 is 0. The average Bonchev–Trinajstić information content (AvgIpc) is 2.92. The fourth-order valence-electron chi connectivity index (χ4n) is 2.32. The highest BCUT2D eigenvalue weighted by Gasteiger charge is 2.26. The number of aryl methyl sites for hydroxylation is 1. The maximum atomic E-state index is 11.1. The Morgan fingerprint density at radius 3 is 2.82 bits per heavy atom. The van der Waals surface area contributed by atoms with E-state index in [0.29, 0.717) is 25.8 Å². The molecule has 0 radical (unpaired) electrons. The molecule has 0 saturated heterocycles. The third-order valence-electron chi connectivity index (χ3n) is 4.12. The van der Waals surface area contributed by atoms with E-state index in [1.807, 2.05) is 12.1 Å². The van der Waals surface area contributed by atoms with Crippen molar-refractivity contribution in [2.75, 3.05) is 13.3 Å². The third-order valence-corrected chi connectivity index (χ3v) is 4.12. The molecule has 1 unspecified atom stereocenters. The molecule has 0 aromatic heterocycles. The molecule has 2 N–H and O–H groups in total. The molecule has 5 nitrogen and oxygen atoms in total. The zero-order valence-electron chi connectivity index (χ0n) is 13.5. The normalized spacial score (nSPS) is 14.9. The molecule has 1 aromatic carbocycles. The van der Waals surface area contributed by atoms with Gasteiger partial charge in [0.15, 0.2) is 11.5 Å².